The van der Waals surface area contributed by atoms with Crippen LogP contribution < -0.4 is 10.0 Å². The van der Waals surface area contributed by atoms with Crippen molar-refractivity contribution in [3.63, 3.8) is 0 Å². The van der Waals surface area contributed by atoms with E-state index in [4.69, 9.17) is 0 Å². The molecule has 1 amide bonds. The number of hydrogen-bond acceptors (Lipinski definition) is 3. The van der Waals surface area contributed by atoms with E-state index in [0.717, 1.165) is 37.7 Å². The van der Waals surface area contributed by atoms with Gasteiger partial charge in [0.1, 0.15) is 5.82 Å². The summed E-state index contributed by atoms with van der Waals surface area (Å²) in [6, 6.07) is 11.7. The van der Waals surface area contributed by atoms with E-state index in [1.54, 1.807) is 12.1 Å². The van der Waals surface area contributed by atoms with E-state index in [2.05, 4.69) is 10.0 Å². The SMILES string of the molecule is O=C(NCc1ccc(F)cc1)c1ccc(S(=O)(=O)NC2CCCCC2)cc1. The highest BCUT2D eigenvalue weighted by Gasteiger charge is 2.22. The van der Waals surface area contributed by atoms with Gasteiger partial charge in [-0.2, -0.15) is 0 Å². The van der Waals surface area contributed by atoms with Crippen LogP contribution in [0.25, 0.3) is 0 Å². The van der Waals surface area contributed by atoms with E-state index in [0.29, 0.717) is 5.56 Å². The molecule has 0 radical (unpaired) electrons. The van der Waals surface area contributed by atoms with Crippen molar-refractivity contribution in [3.05, 3.63) is 65.5 Å². The van der Waals surface area contributed by atoms with Gasteiger partial charge in [-0.05, 0) is 54.8 Å². The molecule has 1 fully saturated rings. The fourth-order valence-electron chi connectivity index (χ4n) is 3.18. The Labute approximate surface area is 159 Å². The maximum absolute atomic E-state index is 12.9. The molecule has 0 bridgehead atoms. The van der Waals surface area contributed by atoms with Crippen LogP contribution in [0.1, 0.15) is 48.0 Å². The van der Waals surface area contributed by atoms with Crippen molar-refractivity contribution in [1.82, 2.24) is 10.0 Å². The molecule has 2 N–H and O–H groups in total. The minimum Gasteiger partial charge on any atom is -0.348 e. The van der Waals surface area contributed by atoms with Crippen molar-refractivity contribution in [2.24, 2.45) is 0 Å². The van der Waals surface area contributed by atoms with Crippen molar-refractivity contribution in [2.45, 2.75) is 49.6 Å². The molecule has 3 rings (SSSR count). The van der Waals surface area contributed by atoms with E-state index in [-0.39, 0.29) is 29.2 Å². The molecule has 144 valence electrons. The molecule has 1 saturated carbocycles. The average molecular weight is 390 g/mol. The molecule has 2 aromatic carbocycles. The van der Waals surface area contributed by atoms with Gasteiger partial charge in [0, 0.05) is 18.2 Å². The van der Waals surface area contributed by atoms with Gasteiger partial charge in [-0.25, -0.2) is 17.5 Å². The first-order chi connectivity index (χ1) is 12.9. The third-order valence-electron chi connectivity index (χ3n) is 4.72. The van der Waals surface area contributed by atoms with Crippen LogP contribution in [-0.2, 0) is 16.6 Å². The molecule has 5 nitrogen and oxygen atoms in total. The highest BCUT2D eigenvalue weighted by molar-refractivity contribution is 7.89. The Morgan fingerprint density at radius 2 is 1.59 bits per heavy atom. The van der Waals surface area contributed by atoms with Crippen molar-refractivity contribution in [3.8, 4) is 0 Å². The third kappa shape index (κ3) is 5.37. The summed E-state index contributed by atoms with van der Waals surface area (Å²) < 4.78 is 40.6. The molecule has 1 aliphatic rings. The van der Waals surface area contributed by atoms with Crippen molar-refractivity contribution in [2.75, 3.05) is 0 Å². The minimum atomic E-state index is -3.58. The molecule has 0 unspecified atom stereocenters. The van der Waals surface area contributed by atoms with Gasteiger partial charge >= 0.3 is 0 Å². The van der Waals surface area contributed by atoms with Gasteiger partial charge < -0.3 is 5.32 Å². The molecule has 0 atom stereocenters. The van der Waals surface area contributed by atoms with Crippen LogP contribution in [0.5, 0.6) is 0 Å². The number of nitrogens with one attached hydrogen (secondary N) is 2. The first-order valence-electron chi connectivity index (χ1n) is 9.09. The zero-order valence-electron chi connectivity index (χ0n) is 14.9. The number of halogens is 1. The number of carbonyl (C=O) groups is 1. The second kappa shape index (κ2) is 8.63. The number of carbonyl (C=O) groups excluding carboxylic acids is 1. The Morgan fingerprint density at radius 3 is 2.22 bits per heavy atom. The van der Waals surface area contributed by atoms with Gasteiger partial charge in [0.15, 0.2) is 0 Å². The normalized spacial score (nSPS) is 15.4. The summed E-state index contributed by atoms with van der Waals surface area (Å²) in [6.07, 6.45) is 4.97. The maximum atomic E-state index is 12.9. The average Bonchev–Trinajstić information content (AvgIpc) is 2.68. The highest BCUT2D eigenvalue weighted by Crippen LogP contribution is 2.20. The van der Waals surface area contributed by atoms with E-state index in [1.165, 1.54) is 36.4 Å². The number of benzene rings is 2. The summed E-state index contributed by atoms with van der Waals surface area (Å²) in [7, 11) is -3.58. The third-order valence-corrected chi connectivity index (χ3v) is 6.26. The fraction of sp³-hybridized carbons (Fsp3) is 0.350. The van der Waals surface area contributed by atoms with Crippen LogP contribution in [0.15, 0.2) is 53.4 Å². The summed E-state index contributed by atoms with van der Waals surface area (Å²) in [6.45, 7) is 0.266. The number of amides is 1. The zero-order valence-corrected chi connectivity index (χ0v) is 15.8. The second-order valence-corrected chi connectivity index (χ2v) is 8.50. The van der Waals surface area contributed by atoms with E-state index in [9.17, 15) is 17.6 Å². The van der Waals surface area contributed by atoms with Gasteiger partial charge in [0.05, 0.1) is 4.90 Å². The molecular weight excluding hydrogens is 367 g/mol. The van der Waals surface area contributed by atoms with Crippen molar-refractivity contribution >= 4 is 15.9 Å². The lowest BCUT2D eigenvalue weighted by Gasteiger charge is -2.22. The van der Waals surface area contributed by atoms with Crippen LogP contribution in [0, 0.1) is 5.82 Å². The van der Waals surface area contributed by atoms with Crippen LogP contribution in [-0.4, -0.2) is 20.4 Å². The Balaban J connectivity index is 1.60. The molecule has 0 spiro atoms. The molecule has 0 aliphatic heterocycles. The van der Waals surface area contributed by atoms with Gasteiger partial charge in [0.25, 0.3) is 5.91 Å². The molecule has 0 aromatic heterocycles. The molecule has 27 heavy (non-hydrogen) atoms. The Bertz CT molecular complexity index is 874. The lowest BCUT2D eigenvalue weighted by Crippen LogP contribution is -2.36. The number of hydrogen-bond donors (Lipinski definition) is 2. The Kier molecular flexibility index (Phi) is 6.23. The number of sulfonamides is 1. The Morgan fingerprint density at radius 1 is 0.963 bits per heavy atom. The van der Waals surface area contributed by atoms with Gasteiger partial charge in [-0.3, -0.25) is 4.79 Å². The fourth-order valence-corrected chi connectivity index (χ4v) is 4.49. The standard InChI is InChI=1S/C20H23FN2O3S/c21-17-10-6-15(7-11-17)14-22-20(24)16-8-12-19(13-9-16)27(25,26)23-18-4-2-1-3-5-18/h6-13,18,23H,1-5,14H2,(H,22,24). The molecule has 0 saturated heterocycles. The minimum absolute atomic E-state index is 0.0116. The lowest BCUT2D eigenvalue weighted by molar-refractivity contribution is 0.0951. The predicted molar refractivity (Wildman–Crippen MR) is 101 cm³/mol. The van der Waals surface area contributed by atoms with Gasteiger partial charge in [-0.1, -0.05) is 31.4 Å². The van der Waals surface area contributed by atoms with E-state index >= 15 is 0 Å². The summed E-state index contributed by atoms with van der Waals surface area (Å²) in [4.78, 5) is 12.4. The smallest absolute Gasteiger partial charge is 0.251 e. The topological polar surface area (TPSA) is 75.3 Å². The quantitative estimate of drug-likeness (QED) is 0.794. The molecule has 7 heteroatoms. The van der Waals surface area contributed by atoms with Crippen LogP contribution >= 0.6 is 0 Å². The van der Waals surface area contributed by atoms with Gasteiger partial charge in [-0.15, -0.1) is 0 Å². The highest BCUT2D eigenvalue weighted by atomic mass is 32.2. The maximum Gasteiger partial charge on any atom is 0.251 e. The predicted octanol–water partition coefficient (Wildman–Crippen LogP) is 3.37. The summed E-state index contributed by atoms with van der Waals surface area (Å²) in [5.74, 6) is -0.646. The summed E-state index contributed by atoms with van der Waals surface area (Å²) >= 11 is 0. The zero-order chi connectivity index (χ0) is 19.3. The van der Waals surface area contributed by atoms with Gasteiger partial charge in [0.2, 0.25) is 10.0 Å². The largest absolute Gasteiger partial charge is 0.348 e. The molecular formula is C20H23FN2O3S. The summed E-state index contributed by atoms with van der Waals surface area (Å²) in [5, 5.41) is 2.73. The monoisotopic (exact) mass is 390 g/mol. The first-order valence-corrected chi connectivity index (χ1v) is 10.6. The van der Waals surface area contributed by atoms with E-state index in [1.807, 2.05) is 0 Å². The van der Waals surface area contributed by atoms with Crippen LogP contribution in [0.3, 0.4) is 0 Å². The van der Waals surface area contributed by atoms with E-state index < -0.39 is 10.0 Å². The molecule has 1 aliphatic carbocycles. The Hall–Kier alpha value is -2.25. The van der Waals surface area contributed by atoms with Crippen LogP contribution in [0.2, 0.25) is 0 Å². The van der Waals surface area contributed by atoms with Crippen molar-refractivity contribution in [1.29, 1.82) is 0 Å². The lowest BCUT2D eigenvalue weighted by atomic mass is 9.96. The molecule has 0 heterocycles. The summed E-state index contributed by atoms with van der Waals surface area (Å²) in [5.41, 5.74) is 1.15. The van der Waals surface area contributed by atoms with Crippen LogP contribution in [0.4, 0.5) is 4.39 Å². The van der Waals surface area contributed by atoms with Crippen molar-refractivity contribution < 1.29 is 17.6 Å². The second-order valence-electron chi connectivity index (χ2n) is 6.79. The number of rotatable bonds is 6. The molecule has 2 aromatic rings. The first kappa shape index (κ1) is 19.5.